The summed E-state index contributed by atoms with van der Waals surface area (Å²) in [5.74, 6) is 0. The van der Waals surface area contributed by atoms with Gasteiger partial charge >= 0.3 is 8.25 Å². The Balaban J connectivity index is 2.06. The van der Waals surface area contributed by atoms with E-state index in [1.165, 1.54) is 0 Å². The zero-order valence-electron chi connectivity index (χ0n) is 8.56. The monoisotopic (exact) mass is 260 g/mol. The molecule has 1 aromatic carbocycles. The fraction of sp³-hybridized carbons (Fsp3) is 0.400. The Bertz CT molecular complexity index is 371. The molecule has 16 heavy (non-hydrogen) atoms. The maximum absolute atomic E-state index is 11.1. The lowest BCUT2D eigenvalue weighted by molar-refractivity contribution is 0.180. The van der Waals surface area contributed by atoms with Crippen LogP contribution in [0.3, 0.4) is 0 Å². The van der Waals surface area contributed by atoms with Gasteiger partial charge in [0.25, 0.3) is 0 Å². The Morgan fingerprint density at radius 3 is 2.81 bits per heavy atom. The number of rotatable bonds is 1. The molecule has 86 valence electrons. The molecule has 1 aliphatic rings. The summed E-state index contributed by atoms with van der Waals surface area (Å²) in [4.78, 5) is 0. The molecular weight excluding hydrogens is 249 g/mol. The van der Waals surface area contributed by atoms with E-state index in [1.807, 2.05) is 24.3 Å². The van der Waals surface area contributed by atoms with Crippen LogP contribution in [0.15, 0.2) is 24.3 Å². The highest BCUT2D eigenvalue weighted by Crippen LogP contribution is 2.28. The number of benzene rings is 1. The van der Waals surface area contributed by atoms with Gasteiger partial charge < -0.3 is 5.32 Å². The Kier molecular flexibility index (Phi) is 4.27. The molecule has 4 nitrogen and oxygen atoms in total. The van der Waals surface area contributed by atoms with E-state index in [2.05, 4.69) is 5.32 Å². The fourth-order valence-corrected chi connectivity index (χ4v) is 2.21. The van der Waals surface area contributed by atoms with Crippen molar-refractivity contribution in [2.24, 2.45) is 0 Å². The fourth-order valence-electron chi connectivity index (χ4n) is 1.49. The highest BCUT2D eigenvalue weighted by Gasteiger charge is 2.26. The minimum absolute atomic E-state index is 0.0279. The Morgan fingerprint density at radius 1 is 1.31 bits per heavy atom. The van der Waals surface area contributed by atoms with Crippen molar-refractivity contribution >= 4 is 19.9 Å². The standard InChI is InChI=1S/C10H12ClNO3P/c11-9-3-1-8(2-4-9)10-7-15-16(13)14-6-5-12-10/h1-4,10,12H,5-7H2/q+1. The summed E-state index contributed by atoms with van der Waals surface area (Å²) < 4.78 is 21.1. The van der Waals surface area contributed by atoms with Crippen LogP contribution in [0.1, 0.15) is 11.6 Å². The van der Waals surface area contributed by atoms with Gasteiger partial charge in [-0.2, -0.15) is 0 Å². The topological polar surface area (TPSA) is 47.6 Å². The van der Waals surface area contributed by atoms with Gasteiger partial charge in [0.1, 0.15) is 13.2 Å². The first-order valence-electron chi connectivity index (χ1n) is 4.97. The number of hydrogen-bond donors (Lipinski definition) is 1. The van der Waals surface area contributed by atoms with Crippen molar-refractivity contribution < 1.29 is 13.6 Å². The molecule has 6 heteroatoms. The minimum Gasteiger partial charge on any atom is -0.305 e. The van der Waals surface area contributed by atoms with Crippen molar-refractivity contribution in [1.29, 1.82) is 0 Å². The molecule has 1 saturated heterocycles. The van der Waals surface area contributed by atoms with Gasteiger partial charge in [-0.15, -0.1) is 9.05 Å². The molecule has 1 aromatic rings. The van der Waals surface area contributed by atoms with Gasteiger partial charge in [-0.3, -0.25) is 0 Å². The molecular formula is C10H12ClNO3P+. The van der Waals surface area contributed by atoms with Crippen LogP contribution in [0.5, 0.6) is 0 Å². The predicted molar refractivity (Wildman–Crippen MR) is 61.7 cm³/mol. The SMILES string of the molecule is O=[P+]1OCCNC(c2ccc(Cl)cc2)CO1. The van der Waals surface area contributed by atoms with Gasteiger partial charge in [0.05, 0.1) is 6.04 Å². The summed E-state index contributed by atoms with van der Waals surface area (Å²) in [6.07, 6.45) is 0. The van der Waals surface area contributed by atoms with Gasteiger partial charge in [-0.25, -0.2) is 0 Å². The van der Waals surface area contributed by atoms with Crippen LogP contribution in [0.4, 0.5) is 0 Å². The summed E-state index contributed by atoms with van der Waals surface area (Å²) in [6, 6.07) is 7.54. The Labute approximate surface area is 99.8 Å². The van der Waals surface area contributed by atoms with Crippen LogP contribution in [0.2, 0.25) is 5.02 Å². The van der Waals surface area contributed by atoms with Crippen molar-refractivity contribution in [3.8, 4) is 0 Å². The summed E-state index contributed by atoms with van der Waals surface area (Å²) in [5, 5.41) is 3.96. The average Bonchev–Trinajstić information content (AvgIpc) is 2.26. The van der Waals surface area contributed by atoms with E-state index in [9.17, 15) is 4.57 Å². The third-order valence-electron chi connectivity index (χ3n) is 2.31. The van der Waals surface area contributed by atoms with Gasteiger partial charge in [-0.1, -0.05) is 23.7 Å². The summed E-state index contributed by atoms with van der Waals surface area (Å²) in [7, 11) is -1.97. The largest absolute Gasteiger partial charge is 0.697 e. The smallest absolute Gasteiger partial charge is 0.305 e. The second-order valence-electron chi connectivity index (χ2n) is 3.41. The molecule has 2 unspecified atom stereocenters. The Morgan fingerprint density at radius 2 is 2.06 bits per heavy atom. The second kappa shape index (κ2) is 5.71. The molecule has 1 N–H and O–H groups in total. The number of hydrogen-bond acceptors (Lipinski definition) is 4. The molecule has 0 radical (unpaired) electrons. The molecule has 2 atom stereocenters. The lowest BCUT2D eigenvalue weighted by Crippen LogP contribution is -2.29. The van der Waals surface area contributed by atoms with Gasteiger partial charge in [-0.05, 0) is 17.7 Å². The van der Waals surface area contributed by atoms with Crippen molar-refractivity contribution in [3.63, 3.8) is 0 Å². The van der Waals surface area contributed by atoms with Crippen LogP contribution in [0.25, 0.3) is 0 Å². The van der Waals surface area contributed by atoms with Crippen molar-refractivity contribution in [2.75, 3.05) is 19.8 Å². The second-order valence-corrected chi connectivity index (χ2v) is 4.81. The lowest BCUT2D eigenvalue weighted by atomic mass is 10.1. The van der Waals surface area contributed by atoms with Crippen molar-refractivity contribution in [2.45, 2.75) is 6.04 Å². The summed E-state index contributed by atoms with van der Waals surface area (Å²) >= 11 is 5.81. The first-order chi connectivity index (χ1) is 7.75. The third-order valence-corrected chi connectivity index (χ3v) is 3.31. The van der Waals surface area contributed by atoms with Crippen LogP contribution in [0, 0.1) is 0 Å². The first-order valence-corrected chi connectivity index (χ1v) is 6.45. The molecule has 0 saturated carbocycles. The quantitative estimate of drug-likeness (QED) is 0.789. The minimum atomic E-state index is -1.97. The van der Waals surface area contributed by atoms with Crippen LogP contribution < -0.4 is 5.32 Å². The van der Waals surface area contributed by atoms with Gasteiger partial charge in [0.15, 0.2) is 0 Å². The van der Waals surface area contributed by atoms with Crippen molar-refractivity contribution in [3.05, 3.63) is 34.9 Å². The molecule has 0 amide bonds. The Hall–Kier alpha value is -0.510. The maximum atomic E-state index is 11.1. The molecule has 2 rings (SSSR count). The van der Waals surface area contributed by atoms with Crippen LogP contribution in [-0.4, -0.2) is 19.8 Å². The summed E-state index contributed by atoms with van der Waals surface area (Å²) in [6.45, 7) is 1.37. The maximum Gasteiger partial charge on any atom is 0.697 e. The molecule has 0 bridgehead atoms. The summed E-state index contributed by atoms with van der Waals surface area (Å²) in [5.41, 5.74) is 1.06. The molecule has 1 aliphatic heterocycles. The van der Waals surface area contributed by atoms with Gasteiger partial charge in [0.2, 0.25) is 0 Å². The van der Waals surface area contributed by atoms with Crippen LogP contribution >= 0.6 is 19.9 Å². The predicted octanol–water partition coefficient (Wildman–Crippen LogP) is 2.67. The number of halogens is 1. The average molecular weight is 261 g/mol. The molecule has 1 fully saturated rings. The molecule has 1 heterocycles. The number of nitrogens with one attached hydrogen (secondary N) is 1. The zero-order chi connectivity index (χ0) is 11.4. The van der Waals surface area contributed by atoms with Crippen LogP contribution in [-0.2, 0) is 13.6 Å². The van der Waals surface area contributed by atoms with E-state index in [1.54, 1.807) is 0 Å². The van der Waals surface area contributed by atoms with E-state index in [0.29, 0.717) is 24.8 Å². The van der Waals surface area contributed by atoms with E-state index in [0.717, 1.165) is 5.56 Å². The highest BCUT2D eigenvalue weighted by molar-refractivity contribution is 7.33. The van der Waals surface area contributed by atoms with Crippen molar-refractivity contribution in [1.82, 2.24) is 5.32 Å². The highest BCUT2D eigenvalue weighted by atomic mass is 35.5. The molecule has 0 spiro atoms. The third kappa shape index (κ3) is 3.24. The van der Waals surface area contributed by atoms with E-state index in [-0.39, 0.29) is 6.04 Å². The molecule has 0 aromatic heterocycles. The molecule has 0 aliphatic carbocycles. The normalized spacial score (nSPS) is 24.8. The van der Waals surface area contributed by atoms with E-state index in [4.69, 9.17) is 20.6 Å². The first kappa shape index (κ1) is 12.0. The van der Waals surface area contributed by atoms with E-state index >= 15 is 0 Å². The lowest BCUT2D eigenvalue weighted by Gasteiger charge is -2.17. The zero-order valence-corrected chi connectivity index (χ0v) is 10.2. The van der Waals surface area contributed by atoms with E-state index < -0.39 is 8.25 Å². The van der Waals surface area contributed by atoms with Gasteiger partial charge in [0, 0.05) is 16.1 Å².